The number of nitrogens with zero attached hydrogens (tertiary/aromatic N) is 1. The summed E-state index contributed by atoms with van der Waals surface area (Å²) < 4.78 is 34.4. The molecule has 1 atom stereocenters. The highest BCUT2D eigenvalue weighted by atomic mass is 32.3. The van der Waals surface area contributed by atoms with E-state index in [1.54, 1.807) is 6.08 Å². The van der Waals surface area contributed by atoms with Crippen molar-refractivity contribution in [3.63, 3.8) is 0 Å². The molecule has 1 aromatic carbocycles. The molecule has 0 heterocycles. The number of hydrogen-bond donors (Lipinski definition) is 0. The van der Waals surface area contributed by atoms with E-state index in [0.717, 1.165) is 9.80 Å². The van der Waals surface area contributed by atoms with Gasteiger partial charge in [-0.3, -0.25) is 0 Å². The van der Waals surface area contributed by atoms with Crippen molar-refractivity contribution in [2.75, 3.05) is 13.2 Å². The molecule has 0 spiro atoms. The van der Waals surface area contributed by atoms with Gasteiger partial charge in [0, 0.05) is 14.5 Å². The first-order valence-corrected chi connectivity index (χ1v) is 11.5. The summed E-state index contributed by atoms with van der Waals surface area (Å²) >= 11 is 4.41. The third-order valence-electron chi connectivity index (χ3n) is 3.70. The lowest BCUT2D eigenvalue weighted by Gasteiger charge is -2.51. The zero-order valence-corrected chi connectivity index (χ0v) is 19.9. The first-order valence-electron chi connectivity index (χ1n) is 9.54. The van der Waals surface area contributed by atoms with Crippen molar-refractivity contribution < 1.29 is 13.0 Å². The summed E-state index contributed by atoms with van der Waals surface area (Å²) in [5.74, 6) is -3.14. The van der Waals surface area contributed by atoms with E-state index in [1.165, 1.54) is 0 Å². The van der Waals surface area contributed by atoms with Gasteiger partial charge in [0.25, 0.3) is 5.92 Å². The highest BCUT2D eigenvalue weighted by Gasteiger charge is 2.44. The monoisotopic (exact) mass is 441 g/mol. The molecule has 0 aliphatic heterocycles. The van der Waals surface area contributed by atoms with E-state index in [1.807, 2.05) is 95.3 Å². The van der Waals surface area contributed by atoms with Crippen LogP contribution < -0.4 is 0 Å². The molecule has 6 heteroatoms. The van der Waals surface area contributed by atoms with Crippen LogP contribution in [0.15, 0.2) is 76.0 Å². The molecule has 0 aliphatic rings. The molecule has 0 bridgehead atoms. The smallest absolute Gasteiger partial charge is 0.292 e. The normalized spacial score (nSPS) is 15.5. The predicted molar refractivity (Wildman–Crippen MR) is 127 cm³/mol. The van der Waals surface area contributed by atoms with Gasteiger partial charge in [0.05, 0.1) is 5.16 Å². The fourth-order valence-electron chi connectivity index (χ4n) is 2.66. The first-order chi connectivity index (χ1) is 13.6. The van der Waals surface area contributed by atoms with E-state index >= 15 is 0 Å². The quantitative estimate of drug-likeness (QED) is 0.220. The molecule has 0 fully saturated rings. The number of halogens is 2. The van der Waals surface area contributed by atoms with Gasteiger partial charge in [-0.25, -0.2) is 13.8 Å². The molecule has 1 aromatic rings. The second kappa shape index (κ2) is 12.9. The zero-order valence-electron chi connectivity index (χ0n) is 18.2. The molecule has 0 saturated carbocycles. The molecular formula is C23H33F2NOS2. The second-order valence-corrected chi connectivity index (χ2v) is 10.5. The van der Waals surface area contributed by atoms with Crippen molar-refractivity contribution in [2.45, 2.75) is 57.1 Å². The van der Waals surface area contributed by atoms with Crippen LogP contribution in [-0.2, 0) is 4.18 Å². The molecule has 1 unspecified atom stereocenters. The van der Waals surface area contributed by atoms with Crippen molar-refractivity contribution in [1.82, 2.24) is 0 Å². The van der Waals surface area contributed by atoms with E-state index in [4.69, 9.17) is 4.18 Å². The molecule has 0 amide bonds. The van der Waals surface area contributed by atoms with Crippen LogP contribution in [0.5, 0.6) is 0 Å². The minimum absolute atomic E-state index is 0.452. The molecule has 0 N–H and O–H groups in total. The minimum Gasteiger partial charge on any atom is -0.321 e. The molecule has 2 nitrogen and oxygen atoms in total. The SMILES string of the molecule is C=C/C=C(\C=C/C)S(OCC(F)(F)CN=C=S)(c1ccccc1)C(C)(C)C.CC. The van der Waals surface area contributed by atoms with Gasteiger partial charge in [0.15, 0.2) is 0 Å². The number of benzene rings is 1. The maximum absolute atomic E-state index is 14.3. The van der Waals surface area contributed by atoms with Crippen molar-refractivity contribution >= 4 is 27.7 Å². The van der Waals surface area contributed by atoms with Crippen LogP contribution in [0.1, 0.15) is 41.5 Å². The second-order valence-electron chi connectivity index (χ2n) is 6.81. The Bertz CT molecular complexity index is 733. The van der Waals surface area contributed by atoms with E-state index < -0.39 is 34.1 Å². The Kier molecular flexibility index (Phi) is 12.2. The average molecular weight is 442 g/mol. The molecule has 1 rings (SSSR count). The number of alkyl halides is 2. The van der Waals surface area contributed by atoms with E-state index in [0.29, 0.717) is 0 Å². The predicted octanol–water partition coefficient (Wildman–Crippen LogP) is 7.99. The topological polar surface area (TPSA) is 21.6 Å². The van der Waals surface area contributed by atoms with Gasteiger partial charge < -0.3 is 4.18 Å². The molecule has 29 heavy (non-hydrogen) atoms. The number of aliphatic imine (C=N–C) groups is 1. The third kappa shape index (κ3) is 7.63. The Morgan fingerprint density at radius 2 is 1.83 bits per heavy atom. The van der Waals surface area contributed by atoms with Gasteiger partial charge >= 0.3 is 0 Å². The van der Waals surface area contributed by atoms with Crippen LogP contribution in [0.4, 0.5) is 8.78 Å². The maximum Gasteiger partial charge on any atom is 0.292 e. The molecule has 0 aliphatic carbocycles. The Morgan fingerprint density at radius 3 is 2.28 bits per heavy atom. The molecular weight excluding hydrogens is 408 g/mol. The summed E-state index contributed by atoms with van der Waals surface area (Å²) in [5, 5.41) is 1.99. The van der Waals surface area contributed by atoms with Gasteiger partial charge in [0.1, 0.15) is 13.2 Å². The fraction of sp³-hybridized carbons (Fsp3) is 0.435. The van der Waals surface area contributed by atoms with Crippen LogP contribution in [0.25, 0.3) is 0 Å². The van der Waals surface area contributed by atoms with Crippen molar-refractivity contribution in [1.29, 1.82) is 0 Å². The summed E-state index contributed by atoms with van der Waals surface area (Å²) in [7, 11) is -2.28. The number of thiocarbonyl (C=S) groups is 1. The highest BCUT2D eigenvalue weighted by Crippen LogP contribution is 2.71. The third-order valence-corrected chi connectivity index (χ3v) is 7.90. The van der Waals surface area contributed by atoms with Crippen molar-refractivity contribution in [3.8, 4) is 0 Å². The Balaban J connectivity index is 0.00000379. The Hall–Kier alpha value is -1.59. The summed E-state index contributed by atoms with van der Waals surface area (Å²) in [5.41, 5.74) is 0. The van der Waals surface area contributed by atoms with E-state index in [-0.39, 0.29) is 0 Å². The van der Waals surface area contributed by atoms with Gasteiger partial charge in [0.2, 0.25) is 0 Å². The largest absolute Gasteiger partial charge is 0.321 e. The molecule has 0 radical (unpaired) electrons. The van der Waals surface area contributed by atoms with Crippen LogP contribution in [0.3, 0.4) is 0 Å². The van der Waals surface area contributed by atoms with Crippen LogP contribution >= 0.6 is 22.5 Å². The fourth-order valence-corrected chi connectivity index (χ4v) is 6.55. The molecule has 0 aromatic heterocycles. The van der Waals surface area contributed by atoms with Crippen molar-refractivity contribution in [3.05, 3.63) is 66.1 Å². The highest BCUT2D eigenvalue weighted by molar-refractivity contribution is 8.34. The number of hydrogen-bond acceptors (Lipinski definition) is 3. The molecule has 0 saturated heterocycles. The summed E-state index contributed by atoms with van der Waals surface area (Å²) in [4.78, 5) is 5.10. The summed E-state index contributed by atoms with van der Waals surface area (Å²) in [6.45, 7) is 14.2. The standard InChI is InChI=1S/C21H27F2NOS2.C2H6/c1-6-11-18(12-7-2)27(20(3,4)5,19-13-9-8-10-14-19)25-16-21(22,23)15-24-17-26;1-2/h6-14H,1,15-16H2,2-5H3;1-2H3/b12-7-,18-11+;. The first kappa shape index (κ1) is 27.4. The van der Waals surface area contributed by atoms with Crippen molar-refractivity contribution in [2.24, 2.45) is 4.99 Å². The lowest BCUT2D eigenvalue weighted by atomic mass is 10.3. The Labute approximate surface area is 182 Å². The van der Waals surface area contributed by atoms with Gasteiger partial charge in [-0.15, -0.1) is 0 Å². The van der Waals surface area contributed by atoms with Gasteiger partial charge in [-0.1, -0.05) is 67.2 Å². The number of rotatable bonds is 9. The zero-order chi connectivity index (χ0) is 22.6. The lowest BCUT2D eigenvalue weighted by molar-refractivity contribution is -0.0279. The van der Waals surface area contributed by atoms with Gasteiger partial charge in [-0.2, -0.15) is 0 Å². The van der Waals surface area contributed by atoms with E-state index in [9.17, 15) is 8.78 Å². The number of allylic oxidation sites excluding steroid dienone is 4. The van der Waals surface area contributed by atoms with Crippen LogP contribution in [0.2, 0.25) is 0 Å². The minimum atomic E-state index is -3.14. The van der Waals surface area contributed by atoms with Crippen LogP contribution in [0, 0.1) is 0 Å². The summed E-state index contributed by atoms with van der Waals surface area (Å²) in [6.07, 6.45) is 7.27. The van der Waals surface area contributed by atoms with E-state index in [2.05, 4.69) is 23.8 Å². The van der Waals surface area contributed by atoms with Gasteiger partial charge in [-0.05, 0) is 58.1 Å². The average Bonchev–Trinajstić information content (AvgIpc) is 2.68. The number of isothiocyanates is 1. The lowest BCUT2D eigenvalue weighted by Crippen LogP contribution is -2.34. The van der Waals surface area contributed by atoms with Crippen LogP contribution in [-0.4, -0.2) is 29.0 Å². The molecule has 162 valence electrons. The maximum atomic E-state index is 14.3. The summed E-state index contributed by atoms with van der Waals surface area (Å²) in [6, 6.07) is 9.53. The Morgan fingerprint density at radius 1 is 1.24 bits per heavy atom.